The largest absolute Gasteiger partial charge is 0.487 e. The number of aryl methyl sites for hydroxylation is 1. The Morgan fingerprint density at radius 2 is 1.58 bits per heavy atom. The van der Waals surface area contributed by atoms with Crippen molar-refractivity contribution in [1.29, 1.82) is 0 Å². The summed E-state index contributed by atoms with van der Waals surface area (Å²) in [4.78, 5) is 0. The van der Waals surface area contributed by atoms with E-state index in [1.54, 1.807) is 30.3 Å². The number of rotatable bonds is 5. The minimum Gasteiger partial charge on any atom is -0.487 e. The van der Waals surface area contributed by atoms with Crippen molar-refractivity contribution in [1.82, 2.24) is 0 Å². The maximum absolute atomic E-state index is 13.9. The predicted octanol–water partition coefficient (Wildman–Crippen LogP) is 4.42. The van der Waals surface area contributed by atoms with Crippen LogP contribution in [0.1, 0.15) is 18.1 Å². The first-order valence-electron chi connectivity index (χ1n) is 6.27. The number of hydrogen-bond donors (Lipinski definition) is 0. The SMILES string of the molecule is CCc1ccc(OCC(F)(F)c2ccccc2)cc1. The lowest BCUT2D eigenvalue weighted by atomic mass is 10.1. The van der Waals surface area contributed by atoms with Gasteiger partial charge in [0.15, 0.2) is 6.61 Å². The number of alkyl halides is 2. The second-order valence-corrected chi connectivity index (χ2v) is 4.36. The molecule has 2 rings (SSSR count). The number of benzene rings is 2. The van der Waals surface area contributed by atoms with Gasteiger partial charge in [-0.1, -0.05) is 49.4 Å². The molecule has 0 radical (unpaired) electrons. The van der Waals surface area contributed by atoms with Crippen LogP contribution in [-0.4, -0.2) is 6.61 Å². The quantitative estimate of drug-likeness (QED) is 0.775. The summed E-state index contributed by atoms with van der Waals surface area (Å²) in [6, 6.07) is 14.9. The predicted molar refractivity (Wildman–Crippen MR) is 71.7 cm³/mol. The Labute approximate surface area is 111 Å². The molecule has 1 nitrogen and oxygen atoms in total. The Morgan fingerprint density at radius 1 is 0.947 bits per heavy atom. The van der Waals surface area contributed by atoms with Gasteiger partial charge in [0, 0.05) is 5.56 Å². The molecule has 100 valence electrons. The molecule has 0 fully saturated rings. The molecule has 0 aliphatic carbocycles. The van der Waals surface area contributed by atoms with Crippen LogP contribution in [0.15, 0.2) is 54.6 Å². The van der Waals surface area contributed by atoms with Crippen molar-refractivity contribution in [2.45, 2.75) is 19.3 Å². The molecule has 0 aliphatic heterocycles. The number of hydrogen-bond acceptors (Lipinski definition) is 1. The van der Waals surface area contributed by atoms with Crippen LogP contribution in [0.3, 0.4) is 0 Å². The molecule has 0 atom stereocenters. The topological polar surface area (TPSA) is 9.23 Å². The molecule has 0 aromatic heterocycles. The Hall–Kier alpha value is -1.90. The summed E-state index contributed by atoms with van der Waals surface area (Å²) < 4.78 is 32.9. The fourth-order valence-corrected chi connectivity index (χ4v) is 1.76. The molecule has 0 saturated heterocycles. The molecule has 0 aliphatic rings. The van der Waals surface area contributed by atoms with Gasteiger partial charge in [0.25, 0.3) is 0 Å². The van der Waals surface area contributed by atoms with Gasteiger partial charge < -0.3 is 4.74 Å². The van der Waals surface area contributed by atoms with Crippen molar-refractivity contribution in [2.75, 3.05) is 6.61 Å². The Balaban J connectivity index is 2.01. The highest BCUT2D eigenvalue weighted by Gasteiger charge is 2.32. The molecule has 2 aromatic rings. The maximum Gasteiger partial charge on any atom is 0.306 e. The fourth-order valence-electron chi connectivity index (χ4n) is 1.76. The zero-order chi connectivity index (χ0) is 13.7. The van der Waals surface area contributed by atoms with Crippen LogP contribution >= 0.6 is 0 Å². The van der Waals surface area contributed by atoms with Gasteiger partial charge in [0.2, 0.25) is 0 Å². The average molecular weight is 262 g/mol. The van der Waals surface area contributed by atoms with Crippen molar-refractivity contribution >= 4 is 0 Å². The van der Waals surface area contributed by atoms with Gasteiger partial charge in [-0.15, -0.1) is 0 Å². The normalized spacial score (nSPS) is 11.3. The van der Waals surface area contributed by atoms with Crippen molar-refractivity contribution in [2.24, 2.45) is 0 Å². The molecular formula is C16H16F2O. The molecule has 0 amide bonds. The Kier molecular flexibility index (Phi) is 4.15. The molecule has 0 N–H and O–H groups in total. The minimum atomic E-state index is -2.98. The van der Waals surface area contributed by atoms with Crippen LogP contribution in [0.2, 0.25) is 0 Å². The van der Waals surface area contributed by atoms with Gasteiger partial charge in [-0.05, 0) is 24.1 Å². The fraction of sp³-hybridized carbons (Fsp3) is 0.250. The first-order valence-corrected chi connectivity index (χ1v) is 6.27. The van der Waals surface area contributed by atoms with E-state index >= 15 is 0 Å². The zero-order valence-corrected chi connectivity index (χ0v) is 10.8. The van der Waals surface area contributed by atoms with Gasteiger partial charge in [-0.25, -0.2) is 0 Å². The highest BCUT2D eigenvalue weighted by molar-refractivity contribution is 5.27. The van der Waals surface area contributed by atoms with Gasteiger partial charge in [-0.3, -0.25) is 0 Å². The van der Waals surface area contributed by atoms with E-state index in [9.17, 15) is 8.78 Å². The maximum atomic E-state index is 13.9. The van der Waals surface area contributed by atoms with E-state index in [4.69, 9.17) is 4.74 Å². The highest BCUT2D eigenvalue weighted by atomic mass is 19.3. The van der Waals surface area contributed by atoms with Crippen LogP contribution in [-0.2, 0) is 12.3 Å². The van der Waals surface area contributed by atoms with Crippen LogP contribution in [0.25, 0.3) is 0 Å². The minimum absolute atomic E-state index is 0.0276. The first-order chi connectivity index (χ1) is 9.12. The van der Waals surface area contributed by atoms with Crippen LogP contribution < -0.4 is 4.74 Å². The van der Waals surface area contributed by atoms with Gasteiger partial charge in [-0.2, -0.15) is 8.78 Å². The summed E-state index contributed by atoms with van der Waals surface area (Å²) >= 11 is 0. The van der Waals surface area contributed by atoms with E-state index in [2.05, 4.69) is 0 Å². The molecule has 0 heterocycles. The molecule has 2 aromatic carbocycles. The summed E-state index contributed by atoms with van der Waals surface area (Å²) in [5, 5.41) is 0. The third-order valence-corrected chi connectivity index (χ3v) is 2.95. The van der Waals surface area contributed by atoms with Crippen molar-refractivity contribution in [3.8, 4) is 5.75 Å². The standard InChI is InChI=1S/C16H16F2O/c1-2-13-8-10-15(11-9-13)19-12-16(17,18)14-6-4-3-5-7-14/h3-11H,2,12H2,1H3. The van der Waals surface area contributed by atoms with Gasteiger partial charge in [0.1, 0.15) is 5.75 Å². The Morgan fingerprint density at radius 3 is 2.16 bits per heavy atom. The van der Waals surface area contributed by atoms with E-state index < -0.39 is 12.5 Å². The van der Waals surface area contributed by atoms with Crippen LogP contribution in [0.4, 0.5) is 8.78 Å². The zero-order valence-electron chi connectivity index (χ0n) is 10.8. The Bertz CT molecular complexity index is 506. The molecular weight excluding hydrogens is 246 g/mol. The molecule has 0 spiro atoms. The lowest BCUT2D eigenvalue weighted by Crippen LogP contribution is -2.23. The van der Waals surface area contributed by atoms with Gasteiger partial charge >= 0.3 is 5.92 Å². The van der Waals surface area contributed by atoms with Crippen molar-refractivity contribution in [3.63, 3.8) is 0 Å². The molecule has 0 unspecified atom stereocenters. The molecule has 0 bridgehead atoms. The second-order valence-electron chi connectivity index (χ2n) is 4.36. The molecule has 19 heavy (non-hydrogen) atoms. The monoisotopic (exact) mass is 262 g/mol. The highest BCUT2D eigenvalue weighted by Crippen LogP contribution is 2.28. The third kappa shape index (κ3) is 3.53. The molecule has 0 saturated carbocycles. The van der Waals surface area contributed by atoms with E-state index in [1.807, 2.05) is 19.1 Å². The number of halogens is 2. The van der Waals surface area contributed by atoms with Crippen LogP contribution in [0.5, 0.6) is 5.75 Å². The summed E-state index contributed by atoms with van der Waals surface area (Å²) in [5.41, 5.74) is 1.13. The summed E-state index contributed by atoms with van der Waals surface area (Å²) in [6.45, 7) is 1.39. The second kappa shape index (κ2) is 5.83. The average Bonchev–Trinajstić information content (AvgIpc) is 2.47. The summed E-state index contributed by atoms with van der Waals surface area (Å²) in [7, 11) is 0. The van der Waals surface area contributed by atoms with Crippen LogP contribution in [0, 0.1) is 0 Å². The third-order valence-electron chi connectivity index (χ3n) is 2.95. The van der Waals surface area contributed by atoms with E-state index in [0.717, 1.165) is 12.0 Å². The van der Waals surface area contributed by atoms with Gasteiger partial charge in [0.05, 0.1) is 0 Å². The van der Waals surface area contributed by atoms with E-state index in [0.29, 0.717) is 5.75 Å². The lowest BCUT2D eigenvalue weighted by Gasteiger charge is -2.17. The van der Waals surface area contributed by atoms with Crippen molar-refractivity contribution < 1.29 is 13.5 Å². The summed E-state index contributed by atoms with van der Waals surface area (Å²) in [5.74, 6) is -2.52. The number of ether oxygens (including phenoxy) is 1. The first kappa shape index (κ1) is 13.5. The van der Waals surface area contributed by atoms with E-state index in [1.165, 1.54) is 12.1 Å². The molecule has 3 heteroatoms. The smallest absolute Gasteiger partial charge is 0.306 e. The summed E-state index contributed by atoms with van der Waals surface area (Å²) in [6.07, 6.45) is 0.917. The van der Waals surface area contributed by atoms with Crippen molar-refractivity contribution in [3.05, 3.63) is 65.7 Å². The van der Waals surface area contributed by atoms with E-state index in [-0.39, 0.29) is 5.56 Å². The lowest BCUT2D eigenvalue weighted by molar-refractivity contribution is -0.0467.